The van der Waals surface area contributed by atoms with Crippen molar-refractivity contribution in [3.05, 3.63) is 0 Å². The number of hydrogen-bond donors (Lipinski definition) is 0. The van der Waals surface area contributed by atoms with Crippen LogP contribution < -0.4 is 0 Å². The lowest BCUT2D eigenvalue weighted by Crippen LogP contribution is -2.15. The van der Waals surface area contributed by atoms with Crippen LogP contribution in [0.1, 0.15) is 6.92 Å². The third-order valence-corrected chi connectivity index (χ3v) is 1.25. The van der Waals surface area contributed by atoms with Crippen LogP contribution in [0.25, 0.3) is 0 Å². The fourth-order valence-electron chi connectivity index (χ4n) is 0.547. The molecule has 0 aromatic heterocycles. The molecule has 1 aliphatic rings. The second-order valence-corrected chi connectivity index (χ2v) is 2.49. The van der Waals surface area contributed by atoms with Crippen LogP contribution in [0.15, 0.2) is 0 Å². The molecule has 1 atom stereocenters. The van der Waals surface area contributed by atoms with Crippen molar-refractivity contribution in [2.45, 2.75) is 12.5 Å². The maximum atomic E-state index is 5.06. The smallest absolute Gasteiger partial charge is 0.146 e. The number of ether oxygens (including phenoxy) is 3. The summed E-state index contributed by atoms with van der Waals surface area (Å²) in [6.45, 7) is 3.83. The summed E-state index contributed by atoms with van der Waals surface area (Å²) in [6.07, 6.45) is 0. The van der Waals surface area contributed by atoms with Gasteiger partial charge in [-0.2, -0.15) is 0 Å². The second-order valence-electron chi connectivity index (χ2n) is 2.49. The molecule has 1 aliphatic heterocycles. The predicted octanol–water partition coefficient (Wildman–Crippen LogP) is 0.396. The molecule has 54 valence electrons. The van der Waals surface area contributed by atoms with E-state index in [1.165, 1.54) is 0 Å². The minimum Gasteiger partial charge on any atom is -0.367 e. The van der Waals surface area contributed by atoms with Crippen molar-refractivity contribution in [1.29, 1.82) is 0 Å². The molecule has 0 aromatic carbocycles. The Kier molecular flexibility index (Phi) is 2.05. The van der Waals surface area contributed by atoms with E-state index in [-0.39, 0.29) is 5.60 Å². The highest BCUT2D eigenvalue weighted by atomic mass is 16.7. The van der Waals surface area contributed by atoms with Gasteiger partial charge in [0.1, 0.15) is 12.4 Å². The molecule has 0 saturated carbocycles. The molecular weight excluding hydrogens is 120 g/mol. The van der Waals surface area contributed by atoms with Gasteiger partial charge in [-0.3, -0.25) is 0 Å². The van der Waals surface area contributed by atoms with E-state index in [2.05, 4.69) is 4.74 Å². The standard InChI is InChI=1S/C6H12O3/c1-6(4-9-6)3-8-5-7-2/h3-5H2,1-2H3. The summed E-state index contributed by atoms with van der Waals surface area (Å²) in [5.74, 6) is 0. The van der Waals surface area contributed by atoms with Crippen molar-refractivity contribution in [3.63, 3.8) is 0 Å². The Morgan fingerprint density at radius 1 is 1.67 bits per heavy atom. The molecule has 0 spiro atoms. The average Bonchev–Trinajstić information content (AvgIpc) is 2.50. The van der Waals surface area contributed by atoms with Gasteiger partial charge in [0.2, 0.25) is 0 Å². The van der Waals surface area contributed by atoms with Gasteiger partial charge in [0.25, 0.3) is 0 Å². The summed E-state index contributed by atoms with van der Waals surface area (Å²) in [7, 11) is 1.61. The topological polar surface area (TPSA) is 31.0 Å². The van der Waals surface area contributed by atoms with Crippen LogP contribution in [0.4, 0.5) is 0 Å². The van der Waals surface area contributed by atoms with Gasteiger partial charge in [0.15, 0.2) is 0 Å². The highest BCUT2D eigenvalue weighted by Crippen LogP contribution is 2.25. The van der Waals surface area contributed by atoms with Gasteiger partial charge < -0.3 is 14.2 Å². The Labute approximate surface area is 54.9 Å². The number of hydrogen-bond acceptors (Lipinski definition) is 3. The van der Waals surface area contributed by atoms with Gasteiger partial charge in [-0.05, 0) is 6.92 Å². The van der Waals surface area contributed by atoms with Crippen LogP contribution in [-0.2, 0) is 14.2 Å². The lowest BCUT2D eigenvalue weighted by Gasteiger charge is -2.04. The van der Waals surface area contributed by atoms with Gasteiger partial charge in [0, 0.05) is 7.11 Å². The van der Waals surface area contributed by atoms with E-state index in [9.17, 15) is 0 Å². The minimum absolute atomic E-state index is 0.00146. The SMILES string of the molecule is COCOCC1(C)CO1. The van der Waals surface area contributed by atoms with E-state index in [0.717, 1.165) is 6.61 Å². The molecule has 0 N–H and O–H groups in total. The first-order valence-corrected chi connectivity index (χ1v) is 2.97. The molecule has 0 aliphatic carbocycles. The summed E-state index contributed by atoms with van der Waals surface area (Å²) >= 11 is 0. The van der Waals surface area contributed by atoms with Crippen LogP contribution in [0.3, 0.4) is 0 Å². The number of methoxy groups -OCH3 is 1. The summed E-state index contributed by atoms with van der Waals surface area (Å²) in [5, 5.41) is 0. The first kappa shape index (κ1) is 6.99. The zero-order valence-electron chi connectivity index (χ0n) is 5.85. The summed E-state index contributed by atoms with van der Waals surface area (Å²) in [6, 6.07) is 0. The van der Waals surface area contributed by atoms with E-state index in [1.807, 2.05) is 6.92 Å². The van der Waals surface area contributed by atoms with Gasteiger partial charge in [0.05, 0.1) is 13.2 Å². The lowest BCUT2D eigenvalue weighted by atomic mass is 10.2. The fraction of sp³-hybridized carbons (Fsp3) is 1.00. The highest BCUT2D eigenvalue weighted by Gasteiger charge is 2.39. The zero-order valence-corrected chi connectivity index (χ0v) is 5.85. The van der Waals surface area contributed by atoms with Crippen molar-refractivity contribution in [2.24, 2.45) is 0 Å². The molecule has 3 heteroatoms. The highest BCUT2D eigenvalue weighted by molar-refractivity contribution is 4.86. The maximum Gasteiger partial charge on any atom is 0.146 e. The Hall–Kier alpha value is -0.120. The molecule has 1 rings (SSSR count). The molecule has 1 saturated heterocycles. The molecule has 3 nitrogen and oxygen atoms in total. The molecule has 1 unspecified atom stereocenters. The van der Waals surface area contributed by atoms with E-state index in [1.54, 1.807) is 7.11 Å². The lowest BCUT2D eigenvalue weighted by molar-refractivity contribution is -0.0462. The Morgan fingerprint density at radius 3 is 2.78 bits per heavy atom. The van der Waals surface area contributed by atoms with Crippen molar-refractivity contribution in [1.82, 2.24) is 0 Å². The van der Waals surface area contributed by atoms with Crippen LogP contribution in [0.2, 0.25) is 0 Å². The molecule has 0 aromatic rings. The van der Waals surface area contributed by atoms with Gasteiger partial charge in [-0.25, -0.2) is 0 Å². The average molecular weight is 132 g/mol. The molecule has 0 radical (unpaired) electrons. The summed E-state index contributed by atoms with van der Waals surface area (Å²) < 4.78 is 14.8. The molecule has 0 bridgehead atoms. The summed E-state index contributed by atoms with van der Waals surface area (Å²) in [4.78, 5) is 0. The first-order valence-electron chi connectivity index (χ1n) is 2.97. The van der Waals surface area contributed by atoms with E-state index >= 15 is 0 Å². The van der Waals surface area contributed by atoms with Crippen molar-refractivity contribution in [3.8, 4) is 0 Å². The molecule has 1 heterocycles. The Balaban J connectivity index is 1.92. The van der Waals surface area contributed by atoms with Gasteiger partial charge in [-0.1, -0.05) is 0 Å². The van der Waals surface area contributed by atoms with Crippen molar-refractivity contribution in [2.75, 3.05) is 27.1 Å². The Morgan fingerprint density at radius 2 is 2.33 bits per heavy atom. The maximum absolute atomic E-state index is 5.06. The number of epoxide rings is 1. The zero-order chi connectivity index (χ0) is 6.74. The van der Waals surface area contributed by atoms with Gasteiger partial charge >= 0.3 is 0 Å². The summed E-state index contributed by atoms with van der Waals surface area (Å²) in [5.41, 5.74) is -0.00146. The van der Waals surface area contributed by atoms with Gasteiger partial charge in [-0.15, -0.1) is 0 Å². The van der Waals surface area contributed by atoms with Crippen molar-refractivity contribution < 1.29 is 14.2 Å². The largest absolute Gasteiger partial charge is 0.367 e. The monoisotopic (exact) mass is 132 g/mol. The Bertz CT molecular complexity index is 88.3. The fourth-order valence-corrected chi connectivity index (χ4v) is 0.547. The quantitative estimate of drug-likeness (QED) is 0.315. The van der Waals surface area contributed by atoms with E-state index in [4.69, 9.17) is 9.47 Å². The van der Waals surface area contributed by atoms with E-state index in [0.29, 0.717) is 13.4 Å². The predicted molar refractivity (Wildman–Crippen MR) is 32.2 cm³/mol. The second kappa shape index (κ2) is 2.64. The van der Waals surface area contributed by atoms with Crippen LogP contribution >= 0.6 is 0 Å². The molecule has 9 heavy (non-hydrogen) atoms. The van der Waals surface area contributed by atoms with Crippen LogP contribution in [0.5, 0.6) is 0 Å². The van der Waals surface area contributed by atoms with Crippen molar-refractivity contribution >= 4 is 0 Å². The molecular formula is C6H12O3. The third kappa shape index (κ3) is 2.30. The molecule has 1 fully saturated rings. The first-order chi connectivity index (χ1) is 4.27. The normalized spacial score (nSPS) is 32.7. The number of rotatable bonds is 4. The molecule has 0 amide bonds. The van der Waals surface area contributed by atoms with Crippen LogP contribution in [0, 0.1) is 0 Å². The third-order valence-electron chi connectivity index (χ3n) is 1.25. The van der Waals surface area contributed by atoms with Crippen LogP contribution in [-0.4, -0.2) is 32.7 Å². The van der Waals surface area contributed by atoms with E-state index < -0.39 is 0 Å². The minimum atomic E-state index is -0.00146.